The standard InChI is InChI=1S/C18H22N2O2/c1-13(15-5-9-17(21-3)10-6-15)19-20-14(2)16-7-11-18(22-4)12-8-16/h5-14H,1-4H3. The Balaban J connectivity index is 2.02. The largest absolute Gasteiger partial charge is 0.497 e. The summed E-state index contributed by atoms with van der Waals surface area (Å²) in [6.45, 7) is 4.07. The maximum atomic E-state index is 5.16. The quantitative estimate of drug-likeness (QED) is 0.706. The van der Waals surface area contributed by atoms with Crippen molar-refractivity contribution in [2.45, 2.75) is 25.9 Å². The van der Waals surface area contributed by atoms with E-state index in [9.17, 15) is 0 Å². The van der Waals surface area contributed by atoms with Gasteiger partial charge in [0.1, 0.15) is 11.5 Å². The summed E-state index contributed by atoms with van der Waals surface area (Å²) in [5.74, 6) is 1.69. The van der Waals surface area contributed by atoms with Crippen molar-refractivity contribution in [3.63, 3.8) is 0 Å². The van der Waals surface area contributed by atoms with E-state index in [1.165, 1.54) is 0 Å². The fourth-order valence-electron chi connectivity index (χ4n) is 2.10. The fourth-order valence-corrected chi connectivity index (χ4v) is 2.10. The number of methoxy groups -OCH3 is 2. The molecule has 0 N–H and O–H groups in total. The molecule has 0 saturated heterocycles. The molecule has 0 saturated carbocycles. The predicted molar refractivity (Wildman–Crippen MR) is 87.7 cm³/mol. The van der Waals surface area contributed by atoms with E-state index in [1.807, 2.05) is 62.4 Å². The molecule has 0 heterocycles. The number of rotatable bonds is 6. The summed E-state index contributed by atoms with van der Waals surface area (Å²) in [6, 6.07) is 15.9. The summed E-state index contributed by atoms with van der Waals surface area (Å²) in [5.41, 5.74) is 2.23. The van der Waals surface area contributed by atoms with Gasteiger partial charge in [-0.2, -0.15) is 10.2 Å². The third-order valence-corrected chi connectivity index (χ3v) is 3.61. The van der Waals surface area contributed by atoms with E-state index in [0.29, 0.717) is 0 Å². The summed E-state index contributed by atoms with van der Waals surface area (Å²) in [4.78, 5) is 0. The van der Waals surface area contributed by atoms with Crippen molar-refractivity contribution >= 4 is 0 Å². The average molecular weight is 298 g/mol. The smallest absolute Gasteiger partial charge is 0.118 e. The van der Waals surface area contributed by atoms with E-state index in [1.54, 1.807) is 14.2 Å². The Morgan fingerprint density at radius 2 is 0.955 bits per heavy atom. The Morgan fingerprint density at radius 3 is 1.23 bits per heavy atom. The van der Waals surface area contributed by atoms with Crippen LogP contribution in [0.25, 0.3) is 0 Å². The highest BCUT2D eigenvalue weighted by Crippen LogP contribution is 2.24. The molecule has 0 aliphatic heterocycles. The van der Waals surface area contributed by atoms with Crippen molar-refractivity contribution in [2.24, 2.45) is 10.2 Å². The van der Waals surface area contributed by atoms with Gasteiger partial charge in [0.05, 0.1) is 26.3 Å². The third-order valence-electron chi connectivity index (χ3n) is 3.61. The van der Waals surface area contributed by atoms with E-state index in [2.05, 4.69) is 10.2 Å². The number of nitrogens with zero attached hydrogens (tertiary/aromatic N) is 2. The summed E-state index contributed by atoms with van der Waals surface area (Å²) in [7, 11) is 3.32. The SMILES string of the molecule is COc1ccc(C(C)N=NC(C)c2ccc(OC)cc2)cc1. The lowest BCUT2D eigenvalue weighted by Crippen LogP contribution is -1.93. The molecule has 0 bridgehead atoms. The van der Waals surface area contributed by atoms with E-state index in [-0.39, 0.29) is 12.1 Å². The minimum Gasteiger partial charge on any atom is -0.497 e. The lowest BCUT2D eigenvalue weighted by molar-refractivity contribution is 0.414. The van der Waals surface area contributed by atoms with E-state index < -0.39 is 0 Å². The van der Waals surface area contributed by atoms with Gasteiger partial charge in [-0.1, -0.05) is 24.3 Å². The molecule has 0 fully saturated rings. The molecule has 4 heteroatoms. The molecule has 116 valence electrons. The molecule has 2 rings (SSSR count). The van der Waals surface area contributed by atoms with Gasteiger partial charge in [0, 0.05) is 0 Å². The summed E-state index contributed by atoms with van der Waals surface area (Å²) in [6.07, 6.45) is 0. The zero-order valence-electron chi connectivity index (χ0n) is 13.5. The van der Waals surface area contributed by atoms with Crippen LogP contribution in [0.1, 0.15) is 37.1 Å². The molecule has 2 unspecified atom stereocenters. The maximum Gasteiger partial charge on any atom is 0.118 e. The van der Waals surface area contributed by atoms with Gasteiger partial charge in [-0.25, -0.2) is 0 Å². The first-order valence-electron chi connectivity index (χ1n) is 7.32. The molecule has 0 spiro atoms. The van der Waals surface area contributed by atoms with Gasteiger partial charge in [-0.3, -0.25) is 0 Å². The van der Waals surface area contributed by atoms with Crippen LogP contribution >= 0.6 is 0 Å². The van der Waals surface area contributed by atoms with Crippen LogP contribution in [0.4, 0.5) is 0 Å². The molecule has 2 aromatic carbocycles. The van der Waals surface area contributed by atoms with E-state index >= 15 is 0 Å². The molecule has 4 nitrogen and oxygen atoms in total. The molecule has 2 atom stereocenters. The van der Waals surface area contributed by atoms with Crippen LogP contribution in [-0.2, 0) is 0 Å². The first-order valence-corrected chi connectivity index (χ1v) is 7.32. The van der Waals surface area contributed by atoms with Gasteiger partial charge in [0.25, 0.3) is 0 Å². The highest BCUT2D eigenvalue weighted by Gasteiger charge is 2.07. The Hall–Kier alpha value is -2.36. The predicted octanol–water partition coefficient (Wildman–Crippen LogP) is 4.98. The van der Waals surface area contributed by atoms with Gasteiger partial charge in [0.2, 0.25) is 0 Å². The van der Waals surface area contributed by atoms with Crippen molar-refractivity contribution in [3.05, 3.63) is 59.7 Å². The highest BCUT2D eigenvalue weighted by atomic mass is 16.5. The topological polar surface area (TPSA) is 43.2 Å². The summed E-state index contributed by atoms with van der Waals surface area (Å²) < 4.78 is 10.3. The number of hydrogen-bond acceptors (Lipinski definition) is 4. The molecule has 0 aliphatic carbocycles. The van der Waals surface area contributed by atoms with Crippen LogP contribution < -0.4 is 9.47 Å². The fraction of sp³-hybridized carbons (Fsp3) is 0.333. The molecular formula is C18H22N2O2. The second kappa shape index (κ2) is 7.59. The zero-order valence-corrected chi connectivity index (χ0v) is 13.5. The number of hydrogen-bond donors (Lipinski definition) is 0. The van der Waals surface area contributed by atoms with Gasteiger partial charge < -0.3 is 9.47 Å². The van der Waals surface area contributed by atoms with E-state index in [0.717, 1.165) is 22.6 Å². The first kappa shape index (κ1) is 16.0. The van der Waals surface area contributed by atoms with Gasteiger partial charge in [-0.05, 0) is 49.2 Å². The Labute approximate surface area is 131 Å². The van der Waals surface area contributed by atoms with Crippen LogP contribution in [-0.4, -0.2) is 14.2 Å². The second-order valence-electron chi connectivity index (χ2n) is 5.13. The van der Waals surface area contributed by atoms with Crippen LogP contribution in [0.3, 0.4) is 0 Å². The Morgan fingerprint density at radius 1 is 0.636 bits per heavy atom. The highest BCUT2D eigenvalue weighted by molar-refractivity contribution is 5.30. The molecule has 2 aromatic rings. The van der Waals surface area contributed by atoms with Crippen LogP contribution in [0, 0.1) is 0 Å². The summed E-state index contributed by atoms with van der Waals surface area (Å²) in [5, 5.41) is 8.84. The monoisotopic (exact) mass is 298 g/mol. The molecule has 0 aromatic heterocycles. The molecule has 0 amide bonds. The molecule has 22 heavy (non-hydrogen) atoms. The van der Waals surface area contributed by atoms with Crippen molar-refractivity contribution in [1.29, 1.82) is 0 Å². The lowest BCUT2D eigenvalue weighted by Gasteiger charge is -2.10. The lowest BCUT2D eigenvalue weighted by atomic mass is 10.1. The van der Waals surface area contributed by atoms with Crippen molar-refractivity contribution in [1.82, 2.24) is 0 Å². The van der Waals surface area contributed by atoms with Gasteiger partial charge in [0.15, 0.2) is 0 Å². The molecular weight excluding hydrogens is 276 g/mol. The minimum absolute atomic E-state index is 0.0200. The van der Waals surface area contributed by atoms with Gasteiger partial charge in [-0.15, -0.1) is 0 Å². The Bertz CT molecular complexity index is 550. The summed E-state index contributed by atoms with van der Waals surface area (Å²) >= 11 is 0. The number of azo groups is 1. The maximum absolute atomic E-state index is 5.16. The van der Waals surface area contributed by atoms with Crippen molar-refractivity contribution in [3.8, 4) is 11.5 Å². The Kier molecular flexibility index (Phi) is 5.53. The van der Waals surface area contributed by atoms with Gasteiger partial charge >= 0.3 is 0 Å². The normalized spacial score (nSPS) is 13.8. The zero-order chi connectivity index (χ0) is 15.9. The minimum atomic E-state index is 0.0200. The number of benzene rings is 2. The molecule has 0 aliphatic rings. The van der Waals surface area contributed by atoms with Crippen LogP contribution in [0.2, 0.25) is 0 Å². The van der Waals surface area contributed by atoms with Crippen LogP contribution in [0.15, 0.2) is 58.8 Å². The van der Waals surface area contributed by atoms with Crippen LogP contribution in [0.5, 0.6) is 11.5 Å². The third kappa shape index (κ3) is 4.07. The second-order valence-corrected chi connectivity index (χ2v) is 5.13. The average Bonchev–Trinajstić information content (AvgIpc) is 2.59. The first-order chi connectivity index (χ1) is 10.6. The van der Waals surface area contributed by atoms with Crippen molar-refractivity contribution in [2.75, 3.05) is 14.2 Å². The van der Waals surface area contributed by atoms with Crippen molar-refractivity contribution < 1.29 is 9.47 Å². The van der Waals surface area contributed by atoms with E-state index in [4.69, 9.17) is 9.47 Å². The number of ether oxygens (including phenoxy) is 2. The molecule has 0 radical (unpaired) electrons.